The number of carbonyl (C=O) groups excluding carboxylic acids is 2. The van der Waals surface area contributed by atoms with Crippen LogP contribution in [0.3, 0.4) is 0 Å². The first-order valence-electron chi connectivity index (χ1n) is 7.70. The number of fused-ring (bicyclic) bond motifs is 1. The van der Waals surface area contributed by atoms with Crippen molar-refractivity contribution in [2.45, 2.75) is 32.7 Å². The number of carbonyl (C=O) groups is 2. The average Bonchev–Trinajstić information content (AvgIpc) is 2.88. The molecule has 0 spiro atoms. The molecule has 0 saturated carbocycles. The lowest BCUT2D eigenvalue weighted by Crippen LogP contribution is -2.40. The molecule has 0 radical (unpaired) electrons. The molecule has 5 heteroatoms. The molecular formula is C18H20N2O2S. The number of rotatable bonds is 2. The van der Waals surface area contributed by atoms with E-state index in [4.69, 9.17) is 0 Å². The molecule has 1 aliphatic heterocycles. The van der Waals surface area contributed by atoms with Gasteiger partial charge in [0.1, 0.15) is 0 Å². The SMILES string of the molecule is Cc1ccc(CC(=O)N2c3ccccc3N(C)C(=O)C[C@H]2C)s1. The maximum Gasteiger partial charge on any atom is 0.232 e. The van der Waals surface area contributed by atoms with Crippen LogP contribution in [0.25, 0.3) is 0 Å². The fraction of sp³-hybridized carbons (Fsp3) is 0.333. The van der Waals surface area contributed by atoms with Crippen LogP contribution in [0.15, 0.2) is 36.4 Å². The average molecular weight is 328 g/mol. The predicted octanol–water partition coefficient (Wildman–Crippen LogP) is 3.39. The molecule has 1 aromatic carbocycles. The van der Waals surface area contributed by atoms with Gasteiger partial charge in [-0.1, -0.05) is 12.1 Å². The van der Waals surface area contributed by atoms with E-state index in [1.54, 1.807) is 28.2 Å². The molecule has 1 aromatic heterocycles. The third-order valence-electron chi connectivity index (χ3n) is 4.18. The predicted molar refractivity (Wildman–Crippen MR) is 94.2 cm³/mol. The Hall–Kier alpha value is -2.14. The summed E-state index contributed by atoms with van der Waals surface area (Å²) in [5.74, 6) is 0.0714. The molecule has 120 valence electrons. The number of nitrogens with zero attached hydrogens (tertiary/aromatic N) is 2. The lowest BCUT2D eigenvalue weighted by Gasteiger charge is -2.28. The second-order valence-corrected chi connectivity index (χ2v) is 7.32. The van der Waals surface area contributed by atoms with Crippen molar-refractivity contribution in [2.75, 3.05) is 16.8 Å². The molecule has 1 atom stereocenters. The number of amides is 2. The molecule has 3 rings (SSSR count). The minimum Gasteiger partial charge on any atom is -0.313 e. The fourth-order valence-electron chi connectivity index (χ4n) is 3.00. The monoisotopic (exact) mass is 328 g/mol. The summed E-state index contributed by atoms with van der Waals surface area (Å²) in [6, 6.07) is 11.5. The van der Waals surface area contributed by atoms with Crippen LogP contribution in [0.2, 0.25) is 0 Å². The smallest absolute Gasteiger partial charge is 0.232 e. The van der Waals surface area contributed by atoms with Crippen molar-refractivity contribution in [1.29, 1.82) is 0 Å². The van der Waals surface area contributed by atoms with Crippen molar-refractivity contribution >= 4 is 34.5 Å². The molecule has 0 aliphatic carbocycles. The number of para-hydroxylation sites is 2. The molecule has 1 aliphatic rings. The van der Waals surface area contributed by atoms with Crippen molar-refractivity contribution in [1.82, 2.24) is 0 Å². The largest absolute Gasteiger partial charge is 0.313 e. The molecule has 2 amide bonds. The van der Waals surface area contributed by atoms with Gasteiger partial charge in [-0.3, -0.25) is 9.59 Å². The summed E-state index contributed by atoms with van der Waals surface area (Å²) in [5, 5.41) is 0. The van der Waals surface area contributed by atoms with Gasteiger partial charge in [0.2, 0.25) is 11.8 Å². The molecule has 0 unspecified atom stereocenters. The molecule has 23 heavy (non-hydrogen) atoms. The summed E-state index contributed by atoms with van der Waals surface area (Å²) in [6.45, 7) is 3.97. The number of anilines is 2. The molecule has 2 aromatic rings. The first-order valence-corrected chi connectivity index (χ1v) is 8.52. The van der Waals surface area contributed by atoms with Crippen molar-refractivity contribution < 1.29 is 9.59 Å². The van der Waals surface area contributed by atoms with E-state index in [9.17, 15) is 9.59 Å². The van der Waals surface area contributed by atoms with Crippen LogP contribution in [-0.2, 0) is 16.0 Å². The van der Waals surface area contributed by atoms with Gasteiger partial charge in [-0.25, -0.2) is 0 Å². The van der Waals surface area contributed by atoms with E-state index in [1.807, 2.05) is 50.2 Å². The Balaban J connectivity index is 1.97. The van der Waals surface area contributed by atoms with E-state index in [0.29, 0.717) is 12.8 Å². The van der Waals surface area contributed by atoms with Crippen LogP contribution in [0.5, 0.6) is 0 Å². The second-order valence-electron chi connectivity index (χ2n) is 5.95. The highest BCUT2D eigenvalue weighted by atomic mass is 32.1. The molecule has 0 bridgehead atoms. The summed E-state index contributed by atoms with van der Waals surface area (Å²) in [6.07, 6.45) is 0.704. The van der Waals surface area contributed by atoms with Gasteiger partial charge in [0.15, 0.2) is 0 Å². The lowest BCUT2D eigenvalue weighted by atomic mass is 10.1. The van der Waals surface area contributed by atoms with Gasteiger partial charge in [0.25, 0.3) is 0 Å². The van der Waals surface area contributed by atoms with Crippen molar-refractivity contribution in [3.05, 3.63) is 46.2 Å². The summed E-state index contributed by atoms with van der Waals surface area (Å²) >= 11 is 1.64. The molecule has 4 nitrogen and oxygen atoms in total. The van der Waals surface area contributed by atoms with Gasteiger partial charge < -0.3 is 9.80 Å². The third-order valence-corrected chi connectivity index (χ3v) is 5.18. The Labute approximate surface area is 140 Å². The molecule has 0 N–H and O–H groups in total. The first kappa shape index (κ1) is 15.7. The number of hydrogen-bond acceptors (Lipinski definition) is 3. The maximum atomic E-state index is 12.9. The first-order chi connectivity index (χ1) is 11.0. The third kappa shape index (κ3) is 3.01. The quantitative estimate of drug-likeness (QED) is 0.848. The number of benzene rings is 1. The second kappa shape index (κ2) is 6.16. The Morgan fingerprint density at radius 2 is 1.91 bits per heavy atom. The van der Waals surface area contributed by atoms with Crippen LogP contribution >= 0.6 is 11.3 Å². The van der Waals surface area contributed by atoms with Crippen molar-refractivity contribution in [2.24, 2.45) is 0 Å². The molecular weight excluding hydrogens is 308 g/mol. The summed E-state index contributed by atoms with van der Waals surface area (Å²) in [4.78, 5) is 30.9. The van der Waals surface area contributed by atoms with Gasteiger partial charge in [-0.2, -0.15) is 0 Å². The van der Waals surface area contributed by atoms with E-state index in [-0.39, 0.29) is 17.9 Å². The van der Waals surface area contributed by atoms with E-state index in [1.165, 1.54) is 4.88 Å². The fourth-order valence-corrected chi connectivity index (χ4v) is 3.88. The van der Waals surface area contributed by atoms with E-state index >= 15 is 0 Å². The van der Waals surface area contributed by atoms with E-state index < -0.39 is 0 Å². The van der Waals surface area contributed by atoms with Gasteiger partial charge >= 0.3 is 0 Å². The molecule has 0 fully saturated rings. The Morgan fingerprint density at radius 3 is 2.57 bits per heavy atom. The summed E-state index contributed by atoms with van der Waals surface area (Å²) in [5.41, 5.74) is 1.60. The van der Waals surface area contributed by atoms with Crippen LogP contribution in [-0.4, -0.2) is 24.9 Å². The molecule has 2 heterocycles. The highest BCUT2D eigenvalue weighted by Gasteiger charge is 2.32. The number of aryl methyl sites for hydroxylation is 1. The summed E-state index contributed by atoms with van der Waals surface area (Å²) < 4.78 is 0. The highest BCUT2D eigenvalue weighted by Crippen LogP contribution is 2.34. The van der Waals surface area contributed by atoms with Crippen LogP contribution in [0.4, 0.5) is 11.4 Å². The van der Waals surface area contributed by atoms with Gasteiger partial charge in [-0.15, -0.1) is 11.3 Å². The number of thiophene rings is 1. The minimum absolute atomic E-state index is 0.0345. The highest BCUT2D eigenvalue weighted by molar-refractivity contribution is 7.12. The zero-order valence-corrected chi connectivity index (χ0v) is 14.4. The minimum atomic E-state index is -0.151. The lowest BCUT2D eigenvalue weighted by molar-refractivity contribution is -0.119. The van der Waals surface area contributed by atoms with Gasteiger partial charge in [-0.05, 0) is 38.1 Å². The Morgan fingerprint density at radius 1 is 1.22 bits per heavy atom. The van der Waals surface area contributed by atoms with E-state index in [0.717, 1.165) is 16.3 Å². The zero-order valence-electron chi connectivity index (χ0n) is 13.6. The topological polar surface area (TPSA) is 40.6 Å². The standard InChI is InChI=1S/C18H20N2O2S/c1-12-10-17(21)19(3)15-6-4-5-7-16(15)20(12)18(22)11-14-9-8-13(2)23-14/h4-9,12H,10-11H2,1-3H3/t12-/m1/s1. The van der Waals surface area contributed by atoms with Crippen molar-refractivity contribution in [3.8, 4) is 0 Å². The van der Waals surface area contributed by atoms with Crippen LogP contribution < -0.4 is 9.80 Å². The zero-order chi connectivity index (χ0) is 16.6. The normalized spacial score (nSPS) is 17.9. The van der Waals surface area contributed by atoms with Crippen LogP contribution in [0, 0.1) is 6.92 Å². The van der Waals surface area contributed by atoms with Crippen LogP contribution in [0.1, 0.15) is 23.1 Å². The van der Waals surface area contributed by atoms with Gasteiger partial charge in [0.05, 0.1) is 17.8 Å². The Kier molecular flexibility index (Phi) is 4.22. The maximum absolute atomic E-state index is 12.9. The number of hydrogen-bond donors (Lipinski definition) is 0. The molecule has 0 saturated heterocycles. The van der Waals surface area contributed by atoms with Crippen molar-refractivity contribution in [3.63, 3.8) is 0 Å². The van der Waals surface area contributed by atoms with E-state index in [2.05, 4.69) is 0 Å². The van der Waals surface area contributed by atoms with Gasteiger partial charge in [0, 0.05) is 29.3 Å². The summed E-state index contributed by atoms with van der Waals surface area (Å²) in [7, 11) is 1.77. The Bertz CT molecular complexity index is 753.